The van der Waals surface area contributed by atoms with Crippen LogP contribution in [0.3, 0.4) is 0 Å². The Morgan fingerprint density at radius 1 is 1.22 bits per heavy atom. The highest BCUT2D eigenvalue weighted by Gasteiger charge is 2.08. The van der Waals surface area contributed by atoms with Gasteiger partial charge in [0.25, 0.3) is 0 Å². The lowest BCUT2D eigenvalue weighted by atomic mass is 10.00. The summed E-state index contributed by atoms with van der Waals surface area (Å²) in [6.45, 7) is 0. The molecule has 0 aromatic carbocycles. The fourth-order valence-corrected chi connectivity index (χ4v) is 1.25. The third kappa shape index (κ3) is 2.83. The molecule has 1 aliphatic carbocycles. The van der Waals surface area contributed by atoms with Crippen molar-refractivity contribution in [3.8, 4) is 0 Å². The average Bonchev–Trinajstić information content (AvgIpc) is 1.79. The van der Waals surface area contributed by atoms with E-state index in [0.29, 0.717) is 6.42 Å². The maximum absolute atomic E-state index is 12.6. The van der Waals surface area contributed by atoms with Crippen molar-refractivity contribution in [3.05, 3.63) is 6.42 Å². The molecule has 9 heavy (non-hydrogen) atoms. The Morgan fingerprint density at radius 2 is 2.11 bits per heavy atom. The lowest BCUT2D eigenvalue weighted by Crippen LogP contribution is -2.02. The second-order valence-corrected chi connectivity index (χ2v) is 2.76. The van der Waals surface area contributed by atoms with Crippen molar-refractivity contribution in [3.63, 3.8) is 0 Å². The minimum atomic E-state index is -0.537. The van der Waals surface area contributed by atoms with Crippen LogP contribution in [0.15, 0.2) is 0 Å². The summed E-state index contributed by atoms with van der Waals surface area (Å²) >= 11 is 0. The summed E-state index contributed by atoms with van der Waals surface area (Å²) in [4.78, 5) is 0. The predicted octanol–water partition coefficient (Wildman–Crippen LogP) is 2.88. The molecule has 1 aliphatic rings. The Labute approximate surface area is 56.5 Å². The van der Waals surface area contributed by atoms with E-state index in [1.807, 2.05) is 0 Å². The largest absolute Gasteiger partial charge is 0.247 e. The first-order valence-corrected chi connectivity index (χ1v) is 3.85. The summed E-state index contributed by atoms with van der Waals surface area (Å²) in [5.41, 5.74) is 0. The van der Waals surface area contributed by atoms with Gasteiger partial charge in [-0.25, -0.2) is 4.39 Å². The number of halogens is 1. The zero-order valence-electron chi connectivity index (χ0n) is 5.78. The minimum Gasteiger partial charge on any atom is -0.247 e. The van der Waals surface area contributed by atoms with Gasteiger partial charge in [-0.05, 0) is 19.3 Å². The Bertz CT molecular complexity index is 63.0. The van der Waals surface area contributed by atoms with Crippen molar-refractivity contribution in [2.45, 2.75) is 44.7 Å². The maximum atomic E-state index is 12.6. The van der Waals surface area contributed by atoms with E-state index in [2.05, 4.69) is 6.42 Å². The quantitative estimate of drug-likeness (QED) is 0.471. The highest BCUT2D eigenvalue weighted by atomic mass is 19.1. The lowest BCUT2D eigenvalue weighted by Gasteiger charge is -2.10. The van der Waals surface area contributed by atoms with Gasteiger partial charge in [0.1, 0.15) is 6.17 Å². The molecule has 0 aromatic heterocycles. The van der Waals surface area contributed by atoms with Crippen molar-refractivity contribution < 1.29 is 4.39 Å². The molecule has 0 amide bonds. The van der Waals surface area contributed by atoms with Gasteiger partial charge in [0.05, 0.1) is 0 Å². The average molecular weight is 129 g/mol. The molecular formula is C8H14F. The van der Waals surface area contributed by atoms with E-state index < -0.39 is 6.17 Å². The van der Waals surface area contributed by atoms with Gasteiger partial charge in [0.15, 0.2) is 0 Å². The second kappa shape index (κ2) is 3.86. The van der Waals surface area contributed by atoms with Gasteiger partial charge in [-0.15, -0.1) is 0 Å². The van der Waals surface area contributed by atoms with Crippen LogP contribution in [0.25, 0.3) is 0 Å². The SMILES string of the molecule is FC1C[CH]CCCCC1. The van der Waals surface area contributed by atoms with Crippen LogP contribution < -0.4 is 0 Å². The second-order valence-electron chi connectivity index (χ2n) is 2.76. The Kier molecular flexibility index (Phi) is 3.02. The fourth-order valence-electron chi connectivity index (χ4n) is 1.25. The van der Waals surface area contributed by atoms with Gasteiger partial charge >= 0.3 is 0 Å². The molecule has 0 aromatic rings. The van der Waals surface area contributed by atoms with Crippen LogP contribution in [0, 0.1) is 6.42 Å². The summed E-state index contributed by atoms with van der Waals surface area (Å²) in [6, 6.07) is 0. The van der Waals surface area contributed by atoms with Gasteiger partial charge in [0.2, 0.25) is 0 Å². The highest BCUT2D eigenvalue weighted by molar-refractivity contribution is 4.73. The molecule has 0 spiro atoms. The fraction of sp³-hybridized carbons (Fsp3) is 0.875. The first-order valence-electron chi connectivity index (χ1n) is 3.85. The molecule has 1 atom stereocenters. The van der Waals surface area contributed by atoms with Gasteiger partial charge in [-0.2, -0.15) is 0 Å². The monoisotopic (exact) mass is 129 g/mol. The number of alkyl halides is 1. The van der Waals surface area contributed by atoms with Crippen molar-refractivity contribution in [2.75, 3.05) is 0 Å². The van der Waals surface area contributed by atoms with Crippen molar-refractivity contribution in [1.82, 2.24) is 0 Å². The van der Waals surface area contributed by atoms with Crippen molar-refractivity contribution in [1.29, 1.82) is 0 Å². The van der Waals surface area contributed by atoms with Gasteiger partial charge < -0.3 is 0 Å². The summed E-state index contributed by atoms with van der Waals surface area (Å²) < 4.78 is 12.6. The molecular weight excluding hydrogens is 115 g/mol. The van der Waals surface area contributed by atoms with Crippen LogP contribution >= 0.6 is 0 Å². The minimum absolute atomic E-state index is 0.537. The molecule has 1 fully saturated rings. The normalized spacial score (nSPS) is 25.0. The van der Waals surface area contributed by atoms with E-state index >= 15 is 0 Å². The smallest absolute Gasteiger partial charge is 0.100 e. The maximum Gasteiger partial charge on any atom is 0.100 e. The van der Waals surface area contributed by atoms with Gasteiger partial charge in [0, 0.05) is 0 Å². The van der Waals surface area contributed by atoms with Crippen molar-refractivity contribution >= 4 is 0 Å². The van der Waals surface area contributed by atoms with Gasteiger partial charge in [-0.1, -0.05) is 25.7 Å². The molecule has 1 saturated carbocycles. The number of rotatable bonds is 0. The molecule has 0 bridgehead atoms. The van der Waals surface area contributed by atoms with Crippen molar-refractivity contribution in [2.24, 2.45) is 0 Å². The third-order valence-electron chi connectivity index (χ3n) is 1.85. The zero-order chi connectivity index (χ0) is 6.53. The molecule has 0 nitrogen and oxygen atoms in total. The molecule has 0 saturated heterocycles. The molecule has 1 heteroatoms. The first kappa shape index (κ1) is 7.04. The summed E-state index contributed by atoms with van der Waals surface area (Å²) in [5.74, 6) is 0. The van der Waals surface area contributed by atoms with E-state index in [1.54, 1.807) is 0 Å². The summed E-state index contributed by atoms with van der Waals surface area (Å²) in [7, 11) is 0. The molecule has 0 heterocycles. The molecule has 0 N–H and O–H groups in total. The molecule has 1 unspecified atom stereocenters. The molecule has 1 radical (unpaired) electrons. The predicted molar refractivity (Wildman–Crippen MR) is 36.9 cm³/mol. The summed E-state index contributed by atoms with van der Waals surface area (Å²) in [5, 5.41) is 0. The van der Waals surface area contributed by atoms with Crippen LogP contribution in [0.2, 0.25) is 0 Å². The third-order valence-corrected chi connectivity index (χ3v) is 1.85. The standard InChI is InChI=1S/C8H14F/c9-8-6-4-2-1-3-5-7-8/h4,8H,1-3,5-7H2. The van der Waals surface area contributed by atoms with E-state index in [-0.39, 0.29) is 0 Å². The van der Waals surface area contributed by atoms with Crippen LogP contribution in [0.5, 0.6) is 0 Å². The van der Waals surface area contributed by atoms with Crippen LogP contribution in [0.1, 0.15) is 38.5 Å². The van der Waals surface area contributed by atoms with E-state index in [4.69, 9.17) is 0 Å². The van der Waals surface area contributed by atoms with E-state index in [9.17, 15) is 4.39 Å². The molecule has 53 valence electrons. The Hall–Kier alpha value is -0.0700. The molecule has 1 rings (SSSR count). The van der Waals surface area contributed by atoms with Gasteiger partial charge in [-0.3, -0.25) is 0 Å². The summed E-state index contributed by atoms with van der Waals surface area (Å²) in [6.07, 6.45) is 7.74. The first-order chi connectivity index (χ1) is 4.39. The number of hydrogen-bond donors (Lipinski definition) is 0. The lowest BCUT2D eigenvalue weighted by molar-refractivity contribution is 0.290. The molecule has 0 aliphatic heterocycles. The zero-order valence-corrected chi connectivity index (χ0v) is 5.78. The Balaban J connectivity index is 2.12. The van der Waals surface area contributed by atoms with E-state index in [0.717, 1.165) is 19.3 Å². The van der Waals surface area contributed by atoms with Crippen LogP contribution in [0.4, 0.5) is 4.39 Å². The van der Waals surface area contributed by atoms with E-state index in [1.165, 1.54) is 12.8 Å². The van der Waals surface area contributed by atoms with Crippen LogP contribution in [-0.2, 0) is 0 Å². The Morgan fingerprint density at radius 3 is 3.00 bits per heavy atom. The number of hydrogen-bond acceptors (Lipinski definition) is 0. The van der Waals surface area contributed by atoms with Crippen LogP contribution in [-0.4, -0.2) is 6.17 Å². The highest BCUT2D eigenvalue weighted by Crippen LogP contribution is 2.18. The topological polar surface area (TPSA) is 0 Å².